The molecular formula is C13H16N2O2S. The van der Waals surface area contributed by atoms with Crippen LogP contribution in [0.15, 0.2) is 35.7 Å². The molecule has 0 aliphatic rings. The van der Waals surface area contributed by atoms with Crippen molar-refractivity contribution < 1.29 is 9.84 Å². The predicted molar refractivity (Wildman–Crippen MR) is 73.2 cm³/mol. The van der Waals surface area contributed by atoms with Gasteiger partial charge >= 0.3 is 0 Å². The van der Waals surface area contributed by atoms with Crippen LogP contribution in [0.3, 0.4) is 0 Å². The molecule has 0 aliphatic carbocycles. The fourth-order valence-electron chi connectivity index (χ4n) is 1.71. The van der Waals surface area contributed by atoms with Crippen molar-refractivity contribution in [1.29, 1.82) is 0 Å². The lowest BCUT2D eigenvalue weighted by molar-refractivity contribution is 0.301. The molecule has 4 nitrogen and oxygen atoms in total. The maximum absolute atomic E-state index is 9.14. The molecule has 0 aliphatic heterocycles. The van der Waals surface area contributed by atoms with Gasteiger partial charge < -0.3 is 14.7 Å². The number of thiazole rings is 1. The standard InChI is InChI=1S/C13H16N2O2S/c1-17-13-14-11(10-18-13)9-15(7-8-16)12-5-3-2-4-6-12/h2-6,10,16H,7-9H2,1H3. The van der Waals surface area contributed by atoms with Crippen LogP contribution in [0, 0.1) is 0 Å². The Morgan fingerprint density at radius 2 is 2.11 bits per heavy atom. The fraction of sp³-hybridized carbons (Fsp3) is 0.308. The van der Waals surface area contributed by atoms with Crippen molar-refractivity contribution in [3.63, 3.8) is 0 Å². The second kappa shape index (κ2) is 6.37. The van der Waals surface area contributed by atoms with E-state index in [2.05, 4.69) is 9.88 Å². The molecule has 2 rings (SSSR count). The minimum atomic E-state index is 0.121. The highest BCUT2D eigenvalue weighted by Crippen LogP contribution is 2.21. The van der Waals surface area contributed by atoms with E-state index >= 15 is 0 Å². The molecular weight excluding hydrogens is 248 g/mol. The second-order valence-electron chi connectivity index (χ2n) is 3.79. The Morgan fingerprint density at radius 1 is 1.33 bits per heavy atom. The van der Waals surface area contributed by atoms with Gasteiger partial charge in [0, 0.05) is 17.6 Å². The number of aliphatic hydroxyl groups is 1. The van der Waals surface area contributed by atoms with Crippen LogP contribution in [-0.4, -0.2) is 30.4 Å². The summed E-state index contributed by atoms with van der Waals surface area (Å²) >= 11 is 1.48. The van der Waals surface area contributed by atoms with Crippen molar-refractivity contribution in [3.05, 3.63) is 41.4 Å². The number of hydrogen-bond acceptors (Lipinski definition) is 5. The number of hydrogen-bond donors (Lipinski definition) is 1. The van der Waals surface area contributed by atoms with Gasteiger partial charge in [-0.1, -0.05) is 29.5 Å². The zero-order valence-electron chi connectivity index (χ0n) is 10.2. The Labute approximate surface area is 110 Å². The van der Waals surface area contributed by atoms with E-state index in [0.29, 0.717) is 18.3 Å². The Morgan fingerprint density at radius 3 is 2.72 bits per heavy atom. The number of aliphatic hydroxyl groups excluding tert-OH is 1. The van der Waals surface area contributed by atoms with E-state index in [0.717, 1.165) is 11.4 Å². The summed E-state index contributed by atoms with van der Waals surface area (Å²) in [6.07, 6.45) is 0. The molecule has 0 saturated carbocycles. The van der Waals surface area contributed by atoms with E-state index in [1.807, 2.05) is 35.7 Å². The lowest BCUT2D eigenvalue weighted by Gasteiger charge is -2.22. The lowest BCUT2D eigenvalue weighted by Crippen LogP contribution is -2.26. The van der Waals surface area contributed by atoms with Gasteiger partial charge in [0.15, 0.2) is 0 Å². The third-order valence-corrected chi connectivity index (χ3v) is 3.40. The molecule has 1 aromatic carbocycles. The first-order chi connectivity index (χ1) is 8.83. The van der Waals surface area contributed by atoms with Crippen LogP contribution in [0.2, 0.25) is 0 Å². The van der Waals surface area contributed by atoms with E-state index in [1.54, 1.807) is 7.11 Å². The fourth-order valence-corrected chi connectivity index (χ4v) is 2.34. The molecule has 0 bridgehead atoms. The third kappa shape index (κ3) is 3.21. The van der Waals surface area contributed by atoms with E-state index in [9.17, 15) is 0 Å². The van der Waals surface area contributed by atoms with E-state index < -0.39 is 0 Å². The Balaban J connectivity index is 2.11. The van der Waals surface area contributed by atoms with Crippen LogP contribution in [0.5, 0.6) is 5.19 Å². The maximum atomic E-state index is 9.14. The van der Waals surface area contributed by atoms with Crippen molar-refractivity contribution in [2.75, 3.05) is 25.2 Å². The predicted octanol–water partition coefficient (Wildman–Crippen LogP) is 2.15. The van der Waals surface area contributed by atoms with Crippen LogP contribution in [-0.2, 0) is 6.54 Å². The van der Waals surface area contributed by atoms with Gasteiger partial charge in [0.2, 0.25) is 0 Å². The first-order valence-electron chi connectivity index (χ1n) is 5.72. The molecule has 0 saturated heterocycles. The molecule has 18 heavy (non-hydrogen) atoms. The number of benzene rings is 1. The molecule has 0 unspecified atom stereocenters. The highest BCUT2D eigenvalue weighted by Gasteiger charge is 2.09. The molecule has 1 aromatic heterocycles. The molecule has 0 amide bonds. The van der Waals surface area contributed by atoms with E-state index in [4.69, 9.17) is 9.84 Å². The smallest absolute Gasteiger partial charge is 0.273 e. The topological polar surface area (TPSA) is 45.6 Å². The van der Waals surface area contributed by atoms with Gasteiger partial charge in [-0.2, -0.15) is 0 Å². The normalized spacial score (nSPS) is 10.3. The third-order valence-electron chi connectivity index (χ3n) is 2.55. The molecule has 0 atom stereocenters. The summed E-state index contributed by atoms with van der Waals surface area (Å²) in [7, 11) is 1.62. The Bertz CT molecular complexity index is 473. The SMILES string of the molecule is COc1nc(CN(CCO)c2ccccc2)cs1. The number of methoxy groups -OCH3 is 1. The van der Waals surface area contributed by atoms with Crippen LogP contribution in [0.4, 0.5) is 5.69 Å². The molecule has 0 spiro atoms. The molecule has 5 heteroatoms. The maximum Gasteiger partial charge on any atom is 0.273 e. The molecule has 0 fully saturated rings. The van der Waals surface area contributed by atoms with Crippen molar-refractivity contribution in [3.8, 4) is 5.19 Å². The van der Waals surface area contributed by atoms with Gasteiger partial charge in [-0.05, 0) is 12.1 Å². The zero-order valence-corrected chi connectivity index (χ0v) is 11.1. The highest BCUT2D eigenvalue weighted by atomic mass is 32.1. The monoisotopic (exact) mass is 264 g/mol. The average Bonchev–Trinajstić information content (AvgIpc) is 2.87. The summed E-state index contributed by atoms with van der Waals surface area (Å²) in [4.78, 5) is 6.44. The van der Waals surface area contributed by atoms with Gasteiger partial charge in [-0.15, -0.1) is 0 Å². The van der Waals surface area contributed by atoms with Crippen molar-refractivity contribution in [1.82, 2.24) is 4.98 Å². The van der Waals surface area contributed by atoms with Crippen molar-refractivity contribution >= 4 is 17.0 Å². The zero-order chi connectivity index (χ0) is 12.8. The highest BCUT2D eigenvalue weighted by molar-refractivity contribution is 7.11. The average molecular weight is 264 g/mol. The van der Waals surface area contributed by atoms with Gasteiger partial charge in [-0.3, -0.25) is 0 Å². The number of ether oxygens (including phenoxy) is 1. The van der Waals surface area contributed by atoms with Gasteiger partial charge in [0.05, 0.1) is 26.0 Å². The minimum Gasteiger partial charge on any atom is -0.473 e. The number of para-hydroxylation sites is 1. The molecule has 0 radical (unpaired) electrons. The molecule has 96 valence electrons. The first kappa shape index (κ1) is 12.9. The van der Waals surface area contributed by atoms with Crippen molar-refractivity contribution in [2.45, 2.75) is 6.54 Å². The first-order valence-corrected chi connectivity index (χ1v) is 6.60. The summed E-state index contributed by atoms with van der Waals surface area (Å²) in [5.74, 6) is 0. The summed E-state index contributed by atoms with van der Waals surface area (Å²) in [6.45, 7) is 1.38. The summed E-state index contributed by atoms with van der Waals surface area (Å²) in [5, 5.41) is 11.8. The van der Waals surface area contributed by atoms with Gasteiger partial charge in [-0.25, -0.2) is 4.98 Å². The second-order valence-corrected chi connectivity index (χ2v) is 4.61. The van der Waals surface area contributed by atoms with E-state index in [-0.39, 0.29) is 6.61 Å². The lowest BCUT2D eigenvalue weighted by atomic mass is 10.2. The summed E-state index contributed by atoms with van der Waals surface area (Å²) in [5.41, 5.74) is 2.03. The van der Waals surface area contributed by atoms with Crippen LogP contribution in [0.1, 0.15) is 5.69 Å². The van der Waals surface area contributed by atoms with E-state index in [1.165, 1.54) is 11.3 Å². The van der Waals surface area contributed by atoms with Crippen LogP contribution < -0.4 is 9.64 Å². The van der Waals surface area contributed by atoms with Crippen LogP contribution in [0.25, 0.3) is 0 Å². The Kier molecular flexibility index (Phi) is 4.55. The molecule has 2 aromatic rings. The van der Waals surface area contributed by atoms with Gasteiger partial charge in [0.25, 0.3) is 5.19 Å². The number of aromatic nitrogens is 1. The van der Waals surface area contributed by atoms with Gasteiger partial charge in [0.1, 0.15) is 0 Å². The Hall–Kier alpha value is -1.59. The molecule has 1 heterocycles. The largest absolute Gasteiger partial charge is 0.473 e. The minimum absolute atomic E-state index is 0.121. The quantitative estimate of drug-likeness (QED) is 0.868. The number of rotatable bonds is 6. The number of nitrogens with zero attached hydrogens (tertiary/aromatic N) is 2. The molecule has 1 N–H and O–H groups in total. The number of anilines is 1. The summed E-state index contributed by atoms with van der Waals surface area (Å²) < 4.78 is 5.08. The summed E-state index contributed by atoms with van der Waals surface area (Å²) in [6, 6.07) is 10.0. The van der Waals surface area contributed by atoms with Crippen molar-refractivity contribution in [2.24, 2.45) is 0 Å². The van der Waals surface area contributed by atoms with Crippen LogP contribution >= 0.6 is 11.3 Å².